The molecule has 0 aliphatic heterocycles. The summed E-state index contributed by atoms with van der Waals surface area (Å²) in [6, 6.07) is 0. The number of esters is 3. The number of carbonyl (C=O) groups excluding carboxylic acids is 3. The second kappa shape index (κ2) is 66.3. The first-order valence-corrected chi connectivity index (χ1v) is 33.0. The van der Waals surface area contributed by atoms with Crippen LogP contribution >= 0.6 is 0 Å². The van der Waals surface area contributed by atoms with E-state index in [0.29, 0.717) is 12.8 Å². The Balaban J connectivity index is 4.43. The van der Waals surface area contributed by atoms with E-state index in [2.05, 4.69) is 130 Å². The van der Waals surface area contributed by atoms with Crippen LogP contribution in [0, 0.1) is 0 Å². The highest BCUT2D eigenvalue weighted by Crippen LogP contribution is 2.16. The van der Waals surface area contributed by atoms with Crippen molar-refractivity contribution in [3.8, 4) is 0 Å². The highest BCUT2D eigenvalue weighted by molar-refractivity contribution is 5.72. The van der Waals surface area contributed by atoms with Crippen LogP contribution in [0.1, 0.15) is 303 Å². The predicted octanol–water partition coefficient (Wildman–Crippen LogP) is 22.8. The highest BCUT2D eigenvalue weighted by Gasteiger charge is 2.19. The molecule has 6 nitrogen and oxygen atoms in total. The van der Waals surface area contributed by atoms with Gasteiger partial charge in [0.2, 0.25) is 0 Å². The lowest BCUT2D eigenvalue weighted by Crippen LogP contribution is -2.30. The molecule has 0 fully saturated rings. The summed E-state index contributed by atoms with van der Waals surface area (Å²) in [5.41, 5.74) is 0. The summed E-state index contributed by atoms with van der Waals surface area (Å²) in [6.07, 6.45) is 92.3. The zero-order chi connectivity index (χ0) is 57.1. The number of allylic oxidation sites excluding steroid dienone is 19. The Labute approximate surface area is 488 Å². The van der Waals surface area contributed by atoms with Crippen LogP contribution in [0.4, 0.5) is 0 Å². The SMILES string of the molecule is CC/C=C\C/C=C\C/C=C\C/C=C\C/C=C\CC(=O)OCC(COC(=O)CCCCCCCCCCCC/C=C\C/C=C\C/C=C\CCCCCCC)OC(=O)CCCCCCCCCCC/C=C\C/C=C\CCCCCCC. The number of carbonyl (C=O) groups is 3. The molecule has 0 radical (unpaired) electrons. The molecule has 0 heterocycles. The minimum Gasteiger partial charge on any atom is -0.462 e. The maximum absolute atomic E-state index is 12.9. The van der Waals surface area contributed by atoms with Crippen LogP contribution in [0.3, 0.4) is 0 Å². The highest BCUT2D eigenvalue weighted by atomic mass is 16.6. The predicted molar refractivity (Wildman–Crippen MR) is 343 cm³/mol. The van der Waals surface area contributed by atoms with Gasteiger partial charge in [-0.3, -0.25) is 14.4 Å². The summed E-state index contributed by atoms with van der Waals surface area (Å²) in [5.74, 6) is -1.05. The third-order valence-corrected chi connectivity index (χ3v) is 14.0. The molecular weight excluding hydrogens is 973 g/mol. The van der Waals surface area contributed by atoms with Crippen LogP contribution in [-0.4, -0.2) is 37.2 Å². The molecule has 0 saturated carbocycles. The summed E-state index contributed by atoms with van der Waals surface area (Å²) in [4.78, 5) is 38.3. The van der Waals surface area contributed by atoms with Gasteiger partial charge in [0.1, 0.15) is 13.2 Å². The standard InChI is InChI=1S/C73H122O6/c1-4-7-10-13-16-19-22-25-28-30-32-34-35-36-37-39-40-42-45-48-51-54-57-60-63-66-72(75)78-69-70(68-77-71(74)65-62-59-56-53-50-47-44-27-24-21-18-15-12-9-6-3)79-73(76)67-64-61-58-55-52-49-46-43-41-38-33-31-29-26-23-20-17-14-11-8-5-2/h9,12,18,21-23,25-27,30-33,35-36,44,50,53,59,62,70H,4-8,10-11,13-17,19-20,24,28-29,34,37-43,45-49,51-52,54-58,60-61,63-69H2,1-3H3/b12-9-,21-18-,25-22-,26-23-,32-30-,33-31-,36-35-,44-27-,53-50-,62-59-. The number of hydrogen-bond donors (Lipinski definition) is 0. The van der Waals surface area contributed by atoms with Gasteiger partial charge >= 0.3 is 17.9 Å². The minimum absolute atomic E-state index is 0.114. The van der Waals surface area contributed by atoms with Crippen molar-refractivity contribution >= 4 is 17.9 Å². The van der Waals surface area contributed by atoms with Gasteiger partial charge in [-0.15, -0.1) is 0 Å². The molecule has 0 aromatic rings. The monoisotopic (exact) mass is 1090 g/mol. The van der Waals surface area contributed by atoms with E-state index in [1.54, 1.807) is 6.08 Å². The van der Waals surface area contributed by atoms with Crippen LogP contribution in [0.15, 0.2) is 122 Å². The average molecular weight is 1100 g/mol. The Morgan fingerprint density at radius 1 is 0.278 bits per heavy atom. The van der Waals surface area contributed by atoms with Crippen molar-refractivity contribution in [3.05, 3.63) is 122 Å². The molecule has 0 saturated heterocycles. The molecule has 6 heteroatoms. The fraction of sp³-hybridized carbons (Fsp3) is 0.685. The van der Waals surface area contributed by atoms with Crippen LogP contribution < -0.4 is 0 Å². The van der Waals surface area contributed by atoms with E-state index < -0.39 is 12.1 Å². The minimum atomic E-state index is -0.827. The third-order valence-electron chi connectivity index (χ3n) is 14.0. The maximum Gasteiger partial charge on any atom is 0.309 e. The van der Waals surface area contributed by atoms with Crippen molar-refractivity contribution < 1.29 is 28.6 Å². The molecule has 0 spiro atoms. The first kappa shape index (κ1) is 74.8. The first-order chi connectivity index (χ1) is 39.0. The van der Waals surface area contributed by atoms with Gasteiger partial charge in [0.05, 0.1) is 6.42 Å². The maximum atomic E-state index is 12.9. The molecule has 450 valence electrons. The van der Waals surface area contributed by atoms with Crippen molar-refractivity contribution in [1.29, 1.82) is 0 Å². The summed E-state index contributed by atoms with van der Waals surface area (Å²) in [7, 11) is 0. The Morgan fingerprint density at radius 2 is 0.544 bits per heavy atom. The van der Waals surface area contributed by atoms with E-state index in [-0.39, 0.29) is 31.6 Å². The molecule has 79 heavy (non-hydrogen) atoms. The number of hydrogen-bond acceptors (Lipinski definition) is 6. The van der Waals surface area contributed by atoms with Gasteiger partial charge in [-0.2, -0.15) is 0 Å². The van der Waals surface area contributed by atoms with E-state index >= 15 is 0 Å². The average Bonchev–Trinajstić information content (AvgIpc) is 3.45. The van der Waals surface area contributed by atoms with Gasteiger partial charge in [0.15, 0.2) is 6.10 Å². The summed E-state index contributed by atoms with van der Waals surface area (Å²) >= 11 is 0. The zero-order valence-electron chi connectivity index (χ0n) is 51.6. The summed E-state index contributed by atoms with van der Waals surface area (Å²) < 4.78 is 16.8. The molecule has 0 aromatic heterocycles. The molecule has 0 aromatic carbocycles. The van der Waals surface area contributed by atoms with Gasteiger partial charge in [0, 0.05) is 12.8 Å². The van der Waals surface area contributed by atoms with Crippen molar-refractivity contribution in [1.82, 2.24) is 0 Å². The summed E-state index contributed by atoms with van der Waals surface area (Å²) in [6.45, 7) is 6.43. The zero-order valence-corrected chi connectivity index (χ0v) is 51.6. The van der Waals surface area contributed by atoms with Crippen LogP contribution in [0.2, 0.25) is 0 Å². The first-order valence-electron chi connectivity index (χ1n) is 33.0. The Hall–Kier alpha value is -4.19. The van der Waals surface area contributed by atoms with E-state index in [4.69, 9.17) is 14.2 Å². The van der Waals surface area contributed by atoms with Gasteiger partial charge in [-0.25, -0.2) is 0 Å². The summed E-state index contributed by atoms with van der Waals surface area (Å²) in [5, 5.41) is 0. The van der Waals surface area contributed by atoms with Gasteiger partial charge < -0.3 is 14.2 Å². The van der Waals surface area contributed by atoms with Gasteiger partial charge in [-0.05, 0) is 116 Å². The lowest BCUT2D eigenvalue weighted by molar-refractivity contribution is -0.166. The van der Waals surface area contributed by atoms with Crippen LogP contribution in [0.5, 0.6) is 0 Å². The third kappa shape index (κ3) is 64.5. The van der Waals surface area contributed by atoms with Gasteiger partial charge in [0.25, 0.3) is 0 Å². The fourth-order valence-corrected chi connectivity index (χ4v) is 9.02. The number of ether oxygens (including phenoxy) is 3. The molecule has 0 N–H and O–H groups in total. The molecule has 0 aliphatic rings. The van der Waals surface area contributed by atoms with Gasteiger partial charge in [-0.1, -0.05) is 290 Å². The molecule has 0 rings (SSSR count). The molecule has 0 amide bonds. The smallest absolute Gasteiger partial charge is 0.309 e. The Bertz CT molecular complexity index is 1640. The van der Waals surface area contributed by atoms with Crippen molar-refractivity contribution in [2.75, 3.05) is 13.2 Å². The van der Waals surface area contributed by atoms with Crippen molar-refractivity contribution in [2.24, 2.45) is 0 Å². The molecule has 0 aliphatic carbocycles. The van der Waals surface area contributed by atoms with Crippen molar-refractivity contribution in [2.45, 2.75) is 309 Å². The van der Waals surface area contributed by atoms with Crippen LogP contribution in [-0.2, 0) is 28.6 Å². The van der Waals surface area contributed by atoms with Crippen molar-refractivity contribution in [3.63, 3.8) is 0 Å². The second-order valence-electron chi connectivity index (χ2n) is 21.7. The Kier molecular flexibility index (Phi) is 62.8. The second-order valence-corrected chi connectivity index (χ2v) is 21.7. The largest absolute Gasteiger partial charge is 0.462 e. The quantitative estimate of drug-likeness (QED) is 0.0261. The normalized spacial score (nSPS) is 12.9. The molecule has 1 unspecified atom stereocenters. The number of rotatable bonds is 59. The molecule has 0 bridgehead atoms. The Morgan fingerprint density at radius 3 is 0.886 bits per heavy atom. The van der Waals surface area contributed by atoms with E-state index in [9.17, 15) is 14.4 Å². The van der Waals surface area contributed by atoms with E-state index in [0.717, 1.165) is 89.9 Å². The topological polar surface area (TPSA) is 78.9 Å². The lowest BCUT2D eigenvalue weighted by Gasteiger charge is -2.18. The van der Waals surface area contributed by atoms with E-state index in [1.165, 1.54) is 173 Å². The fourth-order valence-electron chi connectivity index (χ4n) is 9.02. The van der Waals surface area contributed by atoms with E-state index in [1.807, 2.05) is 6.08 Å². The van der Waals surface area contributed by atoms with Crippen LogP contribution in [0.25, 0.3) is 0 Å². The molecule has 1 atom stereocenters. The molecular formula is C73H122O6. The number of unbranched alkanes of at least 4 members (excludes halogenated alkanes) is 29. The lowest BCUT2D eigenvalue weighted by atomic mass is 10.0.